The van der Waals surface area contributed by atoms with Crippen LogP contribution in [0.25, 0.3) is 11.3 Å². The number of halogens is 2. The number of nitrogen functional groups attached to an aromatic ring is 1. The van der Waals surface area contributed by atoms with E-state index in [2.05, 4.69) is 26.1 Å². The molecule has 1 aromatic heterocycles. The molecule has 0 aliphatic rings. The van der Waals surface area contributed by atoms with Gasteiger partial charge in [0.1, 0.15) is 5.82 Å². The zero-order valence-corrected chi connectivity index (χ0v) is 10.9. The second kappa shape index (κ2) is 4.37. The molecule has 2 aromatic rings. The zero-order valence-electron chi connectivity index (χ0n) is 9.34. The SMILES string of the molecule is COc1c(F)c(-c2cc(N)n[nH]2)cc(C)c1Br. The van der Waals surface area contributed by atoms with Gasteiger partial charge in [-0.1, -0.05) is 0 Å². The van der Waals surface area contributed by atoms with Gasteiger partial charge < -0.3 is 10.5 Å². The number of aromatic amines is 1. The highest BCUT2D eigenvalue weighted by molar-refractivity contribution is 9.10. The summed E-state index contributed by atoms with van der Waals surface area (Å²) in [5.74, 6) is 0.0423. The van der Waals surface area contributed by atoms with E-state index in [0.717, 1.165) is 5.56 Å². The first-order valence-corrected chi connectivity index (χ1v) is 5.67. The summed E-state index contributed by atoms with van der Waals surface area (Å²) >= 11 is 3.29. The lowest BCUT2D eigenvalue weighted by molar-refractivity contribution is 0.384. The third kappa shape index (κ3) is 2.00. The predicted molar refractivity (Wildman–Crippen MR) is 67.4 cm³/mol. The number of ether oxygens (including phenoxy) is 1. The van der Waals surface area contributed by atoms with E-state index in [1.807, 2.05) is 6.92 Å². The van der Waals surface area contributed by atoms with Crippen molar-refractivity contribution in [2.75, 3.05) is 12.8 Å². The lowest BCUT2D eigenvalue weighted by atomic mass is 10.1. The maximum atomic E-state index is 14.2. The Morgan fingerprint density at radius 2 is 2.18 bits per heavy atom. The fourth-order valence-corrected chi connectivity index (χ4v) is 2.04. The normalized spacial score (nSPS) is 10.6. The monoisotopic (exact) mass is 299 g/mol. The summed E-state index contributed by atoms with van der Waals surface area (Å²) in [5, 5.41) is 6.45. The van der Waals surface area contributed by atoms with E-state index < -0.39 is 5.82 Å². The zero-order chi connectivity index (χ0) is 12.6. The molecule has 6 heteroatoms. The summed E-state index contributed by atoms with van der Waals surface area (Å²) in [6.07, 6.45) is 0. The number of nitrogens with two attached hydrogens (primary N) is 1. The summed E-state index contributed by atoms with van der Waals surface area (Å²) in [5.41, 5.74) is 7.27. The van der Waals surface area contributed by atoms with Crippen molar-refractivity contribution in [3.05, 3.63) is 28.0 Å². The van der Waals surface area contributed by atoms with E-state index in [-0.39, 0.29) is 5.75 Å². The number of hydrogen-bond donors (Lipinski definition) is 2. The van der Waals surface area contributed by atoms with E-state index in [1.54, 1.807) is 12.1 Å². The number of hydrogen-bond acceptors (Lipinski definition) is 3. The molecule has 0 fully saturated rings. The quantitative estimate of drug-likeness (QED) is 0.896. The Bertz CT molecular complexity index is 568. The van der Waals surface area contributed by atoms with Crippen LogP contribution in [0.2, 0.25) is 0 Å². The number of nitrogens with one attached hydrogen (secondary N) is 1. The summed E-state index contributed by atoms with van der Waals surface area (Å²) in [7, 11) is 1.42. The second-order valence-electron chi connectivity index (χ2n) is 3.61. The number of nitrogens with zero attached hydrogens (tertiary/aromatic N) is 1. The highest BCUT2D eigenvalue weighted by Crippen LogP contribution is 2.37. The number of rotatable bonds is 2. The van der Waals surface area contributed by atoms with E-state index in [0.29, 0.717) is 21.5 Å². The summed E-state index contributed by atoms with van der Waals surface area (Å²) in [4.78, 5) is 0. The summed E-state index contributed by atoms with van der Waals surface area (Å²) < 4.78 is 19.8. The van der Waals surface area contributed by atoms with Gasteiger partial charge in [-0.15, -0.1) is 0 Å². The Labute approximate surface area is 106 Å². The lowest BCUT2D eigenvalue weighted by Gasteiger charge is -2.11. The highest BCUT2D eigenvalue weighted by atomic mass is 79.9. The molecular formula is C11H11BrFN3O. The molecule has 0 spiro atoms. The van der Waals surface area contributed by atoms with Gasteiger partial charge in [-0.25, -0.2) is 4.39 Å². The highest BCUT2D eigenvalue weighted by Gasteiger charge is 2.17. The van der Waals surface area contributed by atoms with Crippen molar-refractivity contribution >= 4 is 21.7 Å². The van der Waals surface area contributed by atoms with Crippen molar-refractivity contribution in [3.63, 3.8) is 0 Å². The van der Waals surface area contributed by atoms with Crippen LogP contribution in [0.3, 0.4) is 0 Å². The molecule has 0 aliphatic carbocycles. The Kier molecular flexibility index (Phi) is 3.06. The number of benzene rings is 1. The van der Waals surface area contributed by atoms with Crippen molar-refractivity contribution in [2.24, 2.45) is 0 Å². The molecule has 0 amide bonds. The van der Waals surface area contributed by atoms with Gasteiger partial charge in [-0.2, -0.15) is 5.10 Å². The molecule has 1 aromatic carbocycles. The molecule has 90 valence electrons. The van der Waals surface area contributed by atoms with Gasteiger partial charge in [0.15, 0.2) is 11.6 Å². The van der Waals surface area contributed by atoms with Crippen LogP contribution in [0.4, 0.5) is 10.2 Å². The van der Waals surface area contributed by atoms with Gasteiger partial charge in [0.05, 0.1) is 17.3 Å². The minimum absolute atomic E-state index is 0.174. The molecule has 0 atom stereocenters. The number of aromatic nitrogens is 2. The van der Waals surface area contributed by atoms with Crippen molar-refractivity contribution < 1.29 is 9.13 Å². The van der Waals surface area contributed by atoms with Crippen LogP contribution < -0.4 is 10.5 Å². The van der Waals surface area contributed by atoms with Gasteiger partial charge in [-0.05, 0) is 34.5 Å². The molecule has 0 unspecified atom stereocenters. The lowest BCUT2D eigenvalue weighted by Crippen LogP contribution is -1.95. The van der Waals surface area contributed by atoms with Crippen LogP contribution in [0.1, 0.15) is 5.56 Å². The fourth-order valence-electron chi connectivity index (χ4n) is 1.59. The Hall–Kier alpha value is -1.56. The van der Waals surface area contributed by atoms with Crippen molar-refractivity contribution in [1.82, 2.24) is 10.2 Å². The number of aryl methyl sites for hydroxylation is 1. The average Bonchev–Trinajstić information content (AvgIpc) is 2.71. The Balaban J connectivity index is 2.67. The smallest absolute Gasteiger partial charge is 0.175 e. The molecular weight excluding hydrogens is 289 g/mol. The molecule has 3 N–H and O–H groups in total. The van der Waals surface area contributed by atoms with Crippen LogP contribution in [-0.2, 0) is 0 Å². The molecule has 0 bridgehead atoms. The maximum Gasteiger partial charge on any atom is 0.175 e. The maximum absolute atomic E-state index is 14.2. The molecule has 0 saturated heterocycles. The first-order valence-electron chi connectivity index (χ1n) is 4.88. The Morgan fingerprint density at radius 1 is 1.47 bits per heavy atom. The van der Waals surface area contributed by atoms with E-state index in [9.17, 15) is 4.39 Å². The average molecular weight is 300 g/mol. The molecule has 2 rings (SSSR count). The third-order valence-electron chi connectivity index (χ3n) is 2.43. The van der Waals surface area contributed by atoms with Crippen molar-refractivity contribution in [2.45, 2.75) is 6.92 Å². The summed E-state index contributed by atoms with van der Waals surface area (Å²) in [6, 6.07) is 3.28. The fraction of sp³-hybridized carbons (Fsp3) is 0.182. The first kappa shape index (κ1) is 11.9. The number of methoxy groups -OCH3 is 1. The van der Waals surface area contributed by atoms with Crippen LogP contribution >= 0.6 is 15.9 Å². The predicted octanol–water partition coefficient (Wildman–Crippen LogP) is 2.88. The van der Waals surface area contributed by atoms with Gasteiger partial charge in [-0.3, -0.25) is 5.10 Å². The molecule has 0 radical (unpaired) electrons. The standard InChI is InChI=1S/C11H11BrFN3O/c1-5-3-6(7-4-8(14)16-15-7)10(13)11(17-2)9(5)12/h3-4H,1-2H3,(H3,14,15,16). The molecule has 0 saturated carbocycles. The van der Waals surface area contributed by atoms with Crippen LogP contribution in [0, 0.1) is 12.7 Å². The number of H-pyrrole nitrogens is 1. The van der Waals surface area contributed by atoms with Crippen LogP contribution in [0.15, 0.2) is 16.6 Å². The van der Waals surface area contributed by atoms with Crippen LogP contribution in [0.5, 0.6) is 5.75 Å². The molecule has 4 nitrogen and oxygen atoms in total. The minimum Gasteiger partial charge on any atom is -0.492 e. The van der Waals surface area contributed by atoms with E-state index >= 15 is 0 Å². The topological polar surface area (TPSA) is 63.9 Å². The minimum atomic E-state index is -0.450. The second-order valence-corrected chi connectivity index (χ2v) is 4.40. The van der Waals surface area contributed by atoms with E-state index in [1.165, 1.54) is 7.11 Å². The molecule has 0 aliphatic heterocycles. The van der Waals surface area contributed by atoms with Gasteiger partial charge in [0.25, 0.3) is 0 Å². The first-order chi connectivity index (χ1) is 8.04. The Morgan fingerprint density at radius 3 is 2.71 bits per heavy atom. The molecule has 17 heavy (non-hydrogen) atoms. The van der Waals surface area contributed by atoms with Gasteiger partial charge in [0, 0.05) is 11.6 Å². The van der Waals surface area contributed by atoms with Gasteiger partial charge >= 0.3 is 0 Å². The van der Waals surface area contributed by atoms with Crippen LogP contribution in [-0.4, -0.2) is 17.3 Å². The molecule has 1 heterocycles. The number of anilines is 1. The van der Waals surface area contributed by atoms with E-state index in [4.69, 9.17) is 10.5 Å². The van der Waals surface area contributed by atoms with Crippen molar-refractivity contribution in [3.8, 4) is 17.0 Å². The summed E-state index contributed by atoms with van der Waals surface area (Å²) in [6.45, 7) is 1.86. The van der Waals surface area contributed by atoms with Gasteiger partial charge in [0.2, 0.25) is 0 Å². The van der Waals surface area contributed by atoms with Crippen molar-refractivity contribution in [1.29, 1.82) is 0 Å². The largest absolute Gasteiger partial charge is 0.492 e. The third-order valence-corrected chi connectivity index (χ3v) is 3.42.